The summed E-state index contributed by atoms with van der Waals surface area (Å²) in [6.45, 7) is 3.00. The van der Waals surface area contributed by atoms with Gasteiger partial charge in [0, 0.05) is 19.0 Å². The molecule has 1 aliphatic carbocycles. The smallest absolute Gasteiger partial charge is 0.138 e. The molecule has 1 fully saturated rings. The van der Waals surface area contributed by atoms with E-state index in [1.165, 1.54) is 12.0 Å². The summed E-state index contributed by atoms with van der Waals surface area (Å²) in [5.41, 5.74) is 1.47. The number of hydrogen-bond acceptors (Lipinski definition) is 3. The molecule has 0 aliphatic heterocycles. The van der Waals surface area contributed by atoms with E-state index in [0.29, 0.717) is 17.9 Å². The number of rotatable bonds is 6. The topological polar surface area (TPSA) is 42.7 Å². The minimum absolute atomic E-state index is 0.481. The first-order valence-corrected chi connectivity index (χ1v) is 7.42. The molecule has 4 nitrogen and oxygen atoms in total. The van der Waals surface area contributed by atoms with E-state index in [9.17, 15) is 0 Å². The summed E-state index contributed by atoms with van der Waals surface area (Å²) >= 11 is 0. The number of aryl methyl sites for hydroxylation is 1. The van der Waals surface area contributed by atoms with Crippen LogP contribution in [0.15, 0.2) is 36.7 Å². The van der Waals surface area contributed by atoms with Crippen LogP contribution in [-0.2, 0) is 13.0 Å². The molecule has 0 bridgehead atoms. The minimum Gasteiger partial charge on any atom is -0.316 e. The molecule has 1 aromatic carbocycles. The molecule has 20 heavy (non-hydrogen) atoms. The van der Waals surface area contributed by atoms with Crippen molar-refractivity contribution in [3.8, 4) is 0 Å². The molecule has 1 N–H and O–H groups in total. The first kappa shape index (κ1) is 13.3. The third-order valence-corrected chi connectivity index (χ3v) is 4.35. The molecule has 3 unspecified atom stereocenters. The first-order chi connectivity index (χ1) is 9.83. The molecule has 106 valence electrons. The van der Waals surface area contributed by atoms with Gasteiger partial charge in [-0.05, 0) is 37.8 Å². The van der Waals surface area contributed by atoms with Gasteiger partial charge in [0.25, 0.3) is 0 Å². The van der Waals surface area contributed by atoms with Crippen LogP contribution < -0.4 is 5.32 Å². The Morgan fingerprint density at radius 3 is 2.85 bits per heavy atom. The van der Waals surface area contributed by atoms with Gasteiger partial charge < -0.3 is 5.32 Å². The lowest BCUT2D eigenvalue weighted by molar-refractivity contribution is 0.464. The van der Waals surface area contributed by atoms with Crippen LogP contribution in [0, 0.1) is 5.92 Å². The molecule has 0 amide bonds. The lowest BCUT2D eigenvalue weighted by atomic mass is 10.0. The van der Waals surface area contributed by atoms with E-state index in [-0.39, 0.29) is 0 Å². The maximum Gasteiger partial charge on any atom is 0.138 e. The first-order valence-electron chi connectivity index (χ1n) is 7.42. The summed E-state index contributed by atoms with van der Waals surface area (Å²) in [4.78, 5) is 4.39. The van der Waals surface area contributed by atoms with Crippen molar-refractivity contribution in [1.82, 2.24) is 20.1 Å². The van der Waals surface area contributed by atoms with Crippen LogP contribution in [0.2, 0.25) is 0 Å². The highest BCUT2D eigenvalue weighted by Crippen LogP contribution is 2.49. The lowest BCUT2D eigenvalue weighted by Crippen LogP contribution is -2.31. The zero-order chi connectivity index (χ0) is 13.9. The molecule has 0 saturated heterocycles. The molecule has 1 saturated carbocycles. The Kier molecular flexibility index (Phi) is 3.83. The average molecular weight is 270 g/mol. The molecular formula is C16H22N4. The van der Waals surface area contributed by atoms with E-state index in [1.807, 2.05) is 4.68 Å². The summed E-state index contributed by atoms with van der Waals surface area (Å²) in [6.07, 6.45) is 3.89. The highest BCUT2D eigenvalue weighted by atomic mass is 15.3. The van der Waals surface area contributed by atoms with Crippen molar-refractivity contribution in [3.63, 3.8) is 0 Å². The fourth-order valence-corrected chi connectivity index (χ4v) is 3.12. The summed E-state index contributed by atoms with van der Waals surface area (Å²) in [5, 5.41) is 7.73. The van der Waals surface area contributed by atoms with Crippen LogP contribution in [-0.4, -0.2) is 27.9 Å². The van der Waals surface area contributed by atoms with Crippen molar-refractivity contribution in [2.45, 2.75) is 38.3 Å². The quantitative estimate of drug-likeness (QED) is 0.875. The summed E-state index contributed by atoms with van der Waals surface area (Å²) in [5.74, 6) is 2.50. The zero-order valence-electron chi connectivity index (χ0n) is 12.2. The van der Waals surface area contributed by atoms with Gasteiger partial charge in [0.1, 0.15) is 12.2 Å². The predicted octanol–water partition coefficient (Wildman–Crippen LogP) is 2.23. The second-order valence-electron chi connectivity index (χ2n) is 5.51. The molecule has 3 atom stereocenters. The molecule has 3 rings (SSSR count). The number of benzene rings is 1. The van der Waals surface area contributed by atoms with E-state index < -0.39 is 0 Å². The Balaban J connectivity index is 1.67. The maximum atomic E-state index is 4.39. The predicted molar refractivity (Wildman–Crippen MR) is 79.5 cm³/mol. The Hall–Kier alpha value is -1.68. The summed E-state index contributed by atoms with van der Waals surface area (Å²) in [7, 11) is 2.05. The van der Waals surface area contributed by atoms with Crippen molar-refractivity contribution >= 4 is 0 Å². The van der Waals surface area contributed by atoms with Gasteiger partial charge in [-0.15, -0.1) is 0 Å². The Morgan fingerprint density at radius 2 is 2.15 bits per heavy atom. The van der Waals surface area contributed by atoms with Gasteiger partial charge >= 0.3 is 0 Å². The van der Waals surface area contributed by atoms with Crippen molar-refractivity contribution in [1.29, 1.82) is 0 Å². The van der Waals surface area contributed by atoms with Crippen molar-refractivity contribution in [2.75, 3.05) is 7.05 Å². The van der Waals surface area contributed by atoms with E-state index in [1.54, 1.807) is 6.33 Å². The molecule has 0 spiro atoms. The van der Waals surface area contributed by atoms with E-state index >= 15 is 0 Å². The van der Waals surface area contributed by atoms with Gasteiger partial charge in [-0.2, -0.15) is 5.10 Å². The zero-order valence-corrected chi connectivity index (χ0v) is 12.2. The number of hydrogen-bond donors (Lipinski definition) is 1. The Labute approximate surface area is 120 Å². The van der Waals surface area contributed by atoms with Gasteiger partial charge in [-0.25, -0.2) is 4.98 Å². The van der Waals surface area contributed by atoms with E-state index in [0.717, 1.165) is 18.8 Å². The molecule has 1 aromatic heterocycles. The van der Waals surface area contributed by atoms with Crippen LogP contribution in [0.1, 0.15) is 30.7 Å². The van der Waals surface area contributed by atoms with Gasteiger partial charge in [0.05, 0.1) is 0 Å². The molecule has 4 heteroatoms. The van der Waals surface area contributed by atoms with Gasteiger partial charge in [0.15, 0.2) is 0 Å². The van der Waals surface area contributed by atoms with Crippen molar-refractivity contribution in [3.05, 3.63) is 48.0 Å². The second-order valence-corrected chi connectivity index (χ2v) is 5.51. The number of nitrogens with one attached hydrogen (secondary N) is 1. The molecular weight excluding hydrogens is 248 g/mol. The van der Waals surface area contributed by atoms with Crippen LogP contribution >= 0.6 is 0 Å². The average Bonchev–Trinajstić information content (AvgIpc) is 3.17. The number of aromatic nitrogens is 3. The monoisotopic (exact) mass is 270 g/mol. The SMILES string of the molecule is CCn1ncnc1CC(NC)C1CC1c1ccccc1. The highest BCUT2D eigenvalue weighted by molar-refractivity contribution is 5.27. The van der Waals surface area contributed by atoms with Crippen molar-refractivity contribution < 1.29 is 0 Å². The third-order valence-electron chi connectivity index (χ3n) is 4.35. The fourth-order valence-electron chi connectivity index (χ4n) is 3.12. The van der Waals surface area contributed by atoms with E-state index in [4.69, 9.17) is 0 Å². The summed E-state index contributed by atoms with van der Waals surface area (Å²) < 4.78 is 1.99. The van der Waals surface area contributed by atoms with Gasteiger partial charge in [0.2, 0.25) is 0 Å². The van der Waals surface area contributed by atoms with Crippen molar-refractivity contribution in [2.24, 2.45) is 5.92 Å². The molecule has 1 aliphatic rings. The van der Waals surface area contributed by atoms with Gasteiger partial charge in [-0.1, -0.05) is 30.3 Å². The number of likely N-dealkylation sites (N-methyl/N-ethyl adjacent to an activating group) is 1. The van der Waals surface area contributed by atoms with E-state index in [2.05, 4.69) is 59.7 Å². The molecule has 1 heterocycles. The third kappa shape index (κ3) is 2.61. The molecule has 0 radical (unpaired) electrons. The summed E-state index contributed by atoms with van der Waals surface area (Å²) in [6, 6.07) is 11.3. The maximum absolute atomic E-state index is 4.39. The van der Waals surface area contributed by atoms with Crippen LogP contribution in [0.25, 0.3) is 0 Å². The Morgan fingerprint density at radius 1 is 1.35 bits per heavy atom. The molecule has 2 aromatic rings. The standard InChI is InChI=1S/C16H22N4/c1-3-20-16(18-11-19-20)10-15(17-2)14-9-13(14)12-7-5-4-6-8-12/h4-8,11,13-15,17H,3,9-10H2,1-2H3. The van der Waals surface area contributed by atoms with Crippen LogP contribution in [0.5, 0.6) is 0 Å². The van der Waals surface area contributed by atoms with Crippen LogP contribution in [0.4, 0.5) is 0 Å². The normalized spacial score (nSPS) is 22.7. The number of nitrogens with zero attached hydrogens (tertiary/aromatic N) is 3. The minimum atomic E-state index is 0.481. The fraction of sp³-hybridized carbons (Fsp3) is 0.500. The highest BCUT2D eigenvalue weighted by Gasteiger charge is 2.43. The lowest BCUT2D eigenvalue weighted by Gasteiger charge is -2.16. The van der Waals surface area contributed by atoms with Gasteiger partial charge in [-0.3, -0.25) is 4.68 Å². The Bertz CT molecular complexity index is 549. The van der Waals surface area contributed by atoms with Crippen LogP contribution in [0.3, 0.4) is 0 Å². The second kappa shape index (κ2) is 5.75. The largest absolute Gasteiger partial charge is 0.316 e.